The van der Waals surface area contributed by atoms with Crippen LogP contribution in [0.25, 0.3) is 0 Å². The molecule has 2 aromatic rings. The largest absolute Gasteiger partial charge is 0.390 e. The van der Waals surface area contributed by atoms with E-state index in [0.29, 0.717) is 5.82 Å². The van der Waals surface area contributed by atoms with E-state index >= 15 is 0 Å². The van der Waals surface area contributed by atoms with Gasteiger partial charge in [-0.15, -0.1) is 0 Å². The van der Waals surface area contributed by atoms with Crippen molar-refractivity contribution in [2.24, 2.45) is 0 Å². The molecule has 1 saturated carbocycles. The lowest BCUT2D eigenvalue weighted by Crippen LogP contribution is -2.31. The van der Waals surface area contributed by atoms with Crippen LogP contribution in [0, 0.1) is 0 Å². The van der Waals surface area contributed by atoms with Crippen molar-refractivity contribution < 1.29 is 22.5 Å². The lowest BCUT2D eigenvalue weighted by atomic mass is 10.0. The van der Waals surface area contributed by atoms with Crippen molar-refractivity contribution >= 4 is 21.9 Å². The molecule has 172 valence electrons. The van der Waals surface area contributed by atoms with Gasteiger partial charge in [-0.3, -0.25) is 13.7 Å². The zero-order valence-corrected chi connectivity index (χ0v) is 18.4. The van der Waals surface area contributed by atoms with E-state index in [0.717, 1.165) is 19.3 Å². The summed E-state index contributed by atoms with van der Waals surface area (Å²) in [4.78, 5) is 21.3. The van der Waals surface area contributed by atoms with Crippen LogP contribution in [0.5, 0.6) is 0 Å². The van der Waals surface area contributed by atoms with Gasteiger partial charge >= 0.3 is 10.3 Å². The third-order valence-corrected chi connectivity index (χ3v) is 6.68. The van der Waals surface area contributed by atoms with Crippen LogP contribution in [-0.2, 0) is 14.5 Å². The molecule has 1 fully saturated rings. The Bertz CT molecular complexity index is 1100. The van der Waals surface area contributed by atoms with Crippen LogP contribution < -0.4 is 10.0 Å². The van der Waals surface area contributed by atoms with E-state index in [9.17, 15) is 18.3 Å². The van der Waals surface area contributed by atoms with E-state index in [1.165, 1.54) is 19.6 Å². The van der Waals surface area contributed by atoms with Gasteiger partial charge in [0.2, 0.25) is 5.78 Å². The Morgan fingerprint density at radius 3 is 2.94 bits per heavy atom. The number of aliphatic hydroxyl groups excluding tert-OH is 1. The molecule has 0 unspecified atom stereocenters. The molecular formula is C20H26N6O5S. The maximum atomic E-state index is 13.1. The first-order valence-electron chi connectivity index (χ1n) is 10.5. The number of aliphatic hydroxyl groups is 1. The average molecular weight is 463 g/mol. The minimum Gasteiger partial charge on any atom is -0.390 e. The van der Waals surface area contributed by atoms with Gasteiger partial charge in [-0.2, -0.15) is 18.2 Å². The first kappa shape index (κ1) is 22.5. The summed E-state index contributed by atoms with van der Waals surface area (Å²) in [6, 6.07) is 1.47. The highest BCUT2D eigenvalue weighted by Gasteiger charge is 2.37. The van der Waals surface area contributed by atoms with Crippen molar-refractivity contribution in [2.45, 2.75) is 56.4 Å². The van der Waals surface area contributed by atoms with Gasteiger partial charge in [-0.05, 0) is 38.2 Å². The Kier molecular flexibility index (Phi) is 6.65. The summed E-state index contributed by atoms with van der Waals surface area (Å²) in [5.41, 5.74) is 0.535. The highest BCUT2D eigenvalue weighted by Crippen LogP contribution is 2.28. The van der Waals surface area contributed by atoms with Crippen molar-refractivity contribution in [2.75, 3.05) is 12.4 Å². The van der Waals surface area contributed by atoms with E-state index in [1.54, 1.807) is 16.9 Å². The predicted molar refractivity (Wildman–Crippen MR) is 115 cm³/mol. The minimum atomic E-state index is -3.93. The monoisotopic (exact) mass is 462 g/mol. The smallest absolute Gasteiger partial charge is 0.335 e. The third-order valence-electron chi connectivity index (χ3n) is 5.68. The number of ketones is 1. The Labute approximate surface area is 186 Å². The van der Waals surface area contributed by atoms with Crippen LogP contribution in [0.4, 0.5) is 5.82 Å². The molecule has 11 nitrogen and oxygen atoms in total. The van der Waals surface area contributed by atoms with E-state index in [-0.39, 0.29) is 42.0 Å². The molecule has 0 radical (unpaired) electrons. The van der Waals surface area contributed by atoms with Gasteiger partial charge in [0.15, 0.2) is 0 Å². The number of allylic oxidation sites excluding steroid dienone is 2. The number of carbonyl (C=O) groups is 1. The van der Waals surface area contributed by atoms with Gasteiger partial charge < -0.3 is 10.4 Å². The summed E-state index contributed by atoms with van der Waals surface area (Å²) >= 11 is 0. The van der Waals surface area contributed by atoms with Crippen LogP contribution in [0.1, 0.15) is 54.2 Å². The number of nitrogens with one attached hydrogen (secondary N) is 2. The second kappa shape index (κ2) is 9.45. The zero-order valence-electron chi connectivity index (χ0n) is 17.6. The predicted octanol–water partition coefficient (Wildman–Crippen LogP) is 0.970. The van der Waals surface area contributed by atoms with Crippen LogP contribution in [-0.4, -0.2) is 64.4 Å². The fourth-order valence-corrected chi connectivity index (χ4v) is 4.64. The van der Waals surface area contributed by atoms with E-state index in [2.05, 4.69) is 37.3 Å². The first-order chi connectivity index (χ1) is 15.4. The second-order valence-electron chi connectivity index (χ2n) is 7.89. The SMILES string of the molecule is CNS(=O)(=O)O[C@@H]1C[C@H](Nc2ncncc2C(=O)c2ccn([C@@H]3C=CCCC3)n2)C[C@@H]1O. The van der Waals surface area contributed by atoms with Crippen molar-refractivity contribution in [3.8, 4) is 0 Å². The summed E-state index contributed by atoms with van der Waals surface area (Å²) in [5.74, 6) is -0.0258. The maximum Gasteiger partial charge on any atom is 0.335 e. The molecule has 4 rings (SSSR count). The van der Waals surface area contributed by atoms with Gasteiger partial charge in [-0.1, -0.05) is 12.2 Å². The van der Waals surface area contributed by atoms with Crippen LogP contribution >= 0.6 is 0 Å². The molecule has 2 aliphatic carbocycles. The molecule has 2 aromatic heterocycles. The molecular weight excluding hydrogens is 436 g/mol. The minimum absolute atomic E-state index is 0.140. The molecule has 0 aliphatic heterocycles. The number of anilines is 1. The third kappa shape index (κ3) is 5.04. The van der Waals surface area contributed by atoms with E-state index in [1.807, 2.05) is 0 Å². The number of rotatable bonds is 8. The van der Waals surface area contributed by atoms with E-state index in [4.69, 9.17) is 4.18 Å². The van der Waals surface area contributed by atoms with Crippen molar-refractivity contribution in [3.63, 3.8) is 0 Å². The lowest BCUT2D eigenvalue weighted by molar-refractivity contribution is 0.0636. The molecule has 0 saturated heterocycles. The highest BCUT2D eigenvalue weighted by atomic mass is 32.2. The summed E-state index contributed by atoms with van der Waals surface area (Å²) in [5, 5.41) is 17.8. The van der Waals surface area contributed by atoms with Crippen LogP contribution in [0.2, 0.25) is 0 Å². The van der Waals surface area contributed by atoms with Crippen molar-refractivity contribution in [1.29, 1.82) is 0 Å². The molecule has 4 atom stereocenters. The van der Waals surface area contributed by atoms with Gasteiger partial charge in [0, 0.05) is 25.5 Å². The Balaban J connectivity index is 1.48. The fourth-order valence-electron chi connectivity index (χ4n) is 4.01. The number of aromatic nitrogens is 4. The molecule has 0 spiro atoms. The quantitative estimate of drug-likeness (QED) is 0.385. The highest BCUT2D eigenvalue weighted by molar-refractivity contribution is 7.84. The fraction of sp³-hybridized carbons (Fsp3) is 0.500. The van der Waals surface area contributed by atoms with Gasteiger partial charge in [-0.25, -0.2) is 9.97 Å². The summed E-state index contributed by atoms with van der Waals surface area (Å²) in [6.45, 7) is 0. The lowest BCUT2D eigenvalue weighted by Gasteiger charge is -2.16. The maximum absolute atomic E-state index is 13.1. The van der Waals surface area contributed by atoms with Crippen molar-refractivity contribution in [1.82, 2.24) is 24.5 Å². The molecule has 0 amide bonds. The molecule has 2 aliphatic rings. The van der Waals surface area contributed by atoms with Gasteiger partial charge in [0.1, 0.15) is 23.9 Å². The summed E-state index contributed by atoms with van der Waals surface area (Å²) in [6.07, 6.45) is 10.5. The average Bonchev–Trinajstić information content (AvgIpc) is 3.41. The molecule has 32 heavy (non-hydrogen) atoms. The molecule has 3 N–H and O–H groups in total. The van der Waals surface area contributed by atoms with Crippen molar-refractivity contribution in [3.05, 3.63) is 48.2 Å². The molecule has 0 bridgehead atoms. The molecule has 0 aromatic carbocycles. The topological polar surface area (TPSA) is 148 Å². The first-order valence-corrected chi connectivity index (χ1v) is 11.9. The number of hydrogen-bond donors (Lipinski definition) is 3. The Morgan fingerprint density at radius 1 is 1.34 bits per heavy atom. The van der Waals surface area contributed by atoms with Crippen LogP contribution in [0.15, 0.2) is 36.9 Å². The zero-order chi connectivity index (χ0) is 22.7. The van der Waals surface area contributed by atoms with Gasteiger partial charge in [0.25, 0.3) is 0 Å². The summed E-state index contributed by atoms with van der Waals surface area (Å²) in [7, 11) is -2.70. The van der Waals surface area contributed by atoms with Gasteiger partial charge in [0.05, 0.1) is 17.7 Å². The Hall–Kier alpha value is -2.67. The normalized spacial score (nSPS) is 25.7. The number of nitrogens with zero attached hydrogens (tertiary/aromatic N) is 4. The van der Waals surface area contributed by atoms with Crippen LogP contribution in [0.3, 0.4) is 0 Å². The number of carbonyl (C=O) groups excluding carboxylic acids is 1. The number of hydrogen-bond acceptors (Lipinski definition) is 9. The molecule has 12 heteroatoms. The standard InChI is InChI=1S/C20H26N6O5S/c1-21-32(29,30)31-18-10-13(9-17(18)27)24-20-15(11-22-12-23-20)19(28)16-7-8-26(25-16)14-5-3-2-4-6-14/h3,5,7-8,11-14,17-18,21,27H,2,4,6,9-10H2,1H3,(H,22,23,24)/t13-,14-,17+,18-/m1/s1. The van der Waals surface area contributed by atoms with E-state index < -0.39 is 22.5 Å². The molecule has 2 heterocycles. The summed E-state index contributed by atoms with van der Waals surface area (Å²) < 4.78 is 32.1. The second-order valence-corrected chi connectivity index (χ2v) is 9.40. The Morgan fingerprint density at radius 2 is 2.19 bits per heavy atom.